The summed E-state index contributed by atoms with van der Waals surface area (Å²) in [5, 5.41) is 2.60. The number of rotatable bonds is 16. The van der Waals surface area contributed by atoms with Gasteiger partial charge in [0.2, 0.25) is 0 Å². The number of thiazole rings is 1. The molecular weight excluding hydrogens is 550 g/mol. The van der Waals surface area contributed by atoms with E-state index in [4.69, 9.17) is 9.72 Å². The second-order valence-corrected chi connectivity index (χ2v) is 10.5. The minimum absolute atomic E-state index is 0.0588. The van der Waals surface area contributed by atoms with Crippen LogP contribution in [0.15, 0.2) is 65.1 Å². The number of Topliss-reactive ketones (excluding diaryl/α,β-unsaturated/α-hetero) is 2. The number of ketones is 2. The van der Waals surface area contributed by atoms with Gasteiger partial charge in [-0.25, -0.2) is 4.98 Å². The molecule has 0 saturated heterocycles. The van der Waals surface area contributed by atoms with E-state index in [1.54, 1.807) is 12.2 Å². The van der Waals surface area contributed by atoms with Gasteiger partial charge in [-0.3, -0.25) is 9.59 Å². The number of carbonyl (C=O) groups is 2. The van der Waals surface area contributed by atoms with Crippen LogP contribution in [0.25, 0.3) is 11.1 Å². The molecule has 0 atom stereocenters. The average Bonchev–Trinajstić information content (AvgIpc) is 3.46. The number of hydrogen-bond acceptors (Lipinski definition) is 5. The molecule has 244 valence electrons. The second kappa shape index (κ2) is 30.8. The van der Waals surface area contributed by atoms with Crippen LogP contribution in [-0.4, -0.2) is 29.8 Å². The molecule has 0 aliphatic heterocycles. The van der Waals surface area contributed by atoms with Crippen molar-refractivity contribution in [2.75, 3.05) is 13.2 Å². The molecule has 0 aliphatic rings. The summed E-state index contributed by atoms with van der Waals surface area (Å²) in [6.45, 7) is 29.5. The van der Waals surface area contributed by atoms with Crippen molar-refractivity contribution in [2.45, 2.75) is 128 Å². The van der Waals surface area contributed by atoms with E-state index in [-0.39, 0.29) is 11.6 Å². The third-order valence-corrected chi connectivity index (χ3v) is 6.45. The summed E-state index contributed by atoms with van der Waals surface area (Å²) >= 11 is 1.42. The van der Waals surface area contributed by atoms with E-state index in [1.807, 2.05) is 45.2 Å². The molecule has 0 bridgehead atoms. The Hall–Kier alpha value is -2.63. The Kier molecular flexibility index (Phi) is 32.1. The molecule has 1 aromatic heterocycles. The molecule has 0 fully saturated rings. The highest BCUT2D eigenvalue weighted by Gasteiger charge is 2.17. The van der Waals surface area contributed by atoms with Crippen LogP contribution in [0.2, 0.25) is 0 Å². The molecule has 0 radical (unpaired) electrons. The molecule has 1 rings (SSSR count). The SMILES string of the molecule is C=C\C=C/C(=C(\C)CCC)C(=C\C)/c1csc(/C(=C/C(=C\CC)C(C)=O)C(C)=O)n1.CC.CCC.CCCCOCCC. The van der Waals surface area contributed by atoms with Gasteiger partial charge in [0.05, 0.1) is 11.3 Å². The zero-order valence-electron chi connectivity index (χ0n) is 29.7. The lowest BCUT2D eigenvalue weighted by molar-refractivity contribution is -0.113. The molecule has 0 saturated carbocycles. The standard InChI is InChI=1S/C26H33NO2S.C7H16O.C3H8.C2H6/c1-8-12-15-23(18(5)13-9-2)22(11-4)25-17-30-26(27-25)24(20(7)29)16-21(14-10-3)19(6)28;1-3-5-7-8-6-4-2;1-3-2;1-2/h8,11-12,14-17H,1,9-10,13H2,2-7H3;3-7H2,1-2H3;3H2,1-2H3;1-2H3/b15-12-,21-14+,22-11+,23-18-,24-16+;;;. The summed E-state index contributed by atoms with van der Waals surface area (Å²) in [7, 11) is 0. The molecule has 43 heavy (non-hydrogen) atoms. The van der Waals surface area contributed by atoms with E-state index in [0.29, 0.717) is 16.2 Å². The van der Waals surface area contributed by atoms with Gasteiger partial charge in [0, 0.05) is 29.7 Å². The number of nitrogens with zero attached hydrogens (tertiary/aromatic N) is 1. The maximum atomic E-state index is 12.3. The summed E-state index contributed by atoms with van der Waals surface area (Å²) in [6.07, 6.45) is 18.9. The summed E-state index contributed by atoms with van der Waals surface area (Å²) in [5.74, 6) is -0.165. The summed E-state index contributed by atoms with van der Waals surface area (Å²) < 4.78 is 5.22. The van der Waals surface area contributed by atoms with Crippen LogP contribution in [-0.2, 0) is 14.3 Å². The maximum Gasteiger partial charge on any atom is 0.162 e. The predicted molar refractivity (Wildman–Crippen MR) is 194 cm³/mol. The van der Waals surface area contributed by atoms with E-state index < -0.39 is 0 Å². The number of carbonyl (C=O) groups excluding carboxylic acids is 2. The first-order valence-electron chi connectivity index (χ1n) is 16.3. The van der Waals surface area contributed by atoms with Gasteiger partial charge in [-0.05, 0) is 65.0 Å². The Morgan fingerprint density at radius 2 is 1.56 bits per heavy atom. The normalized spacial score (nSPS) is 12.2. The highest BCUT2D eigenvalue weighted by Crippen LogP contribution is 2.32. The van der Waals surface area contributed by atoms with Crippen LogP contribution < -0.4 is 0 Å². The van der Waals surface area contributed by atoms with Crippen molar-refractivity contribution in [1.29, 1.82) is 0 Å². The van der Waals surface area contributed by atoms with Crippen LogP contribution in [0.5, 0.6) is 0 Å². The fourth-order valence-corrected chi connectivity index (χ4v) is 4.47. The van der Waals surface area contributed by atoms with Crippen molar-refractivity contribution < 1.29 is 14.3 Å². The molecular formula is C38H63NO3S. The molecule has 0 unspecified atom stereocenters. The summed E-state index contributed by atoms with van der Waals surface area (Å²) in [5.41, 5.74) is 5.27. The summed E-state index contributed by atoms with van der Waals surface area (Å²) in [4.78, 5) is 29.1. The highest BCUT2D eigenvalue weighted by molar-refractivity contribution is 7.11. The maximum absolute atomic E-state index is 12.3. The largest absolute Gasteiger partial charge is 0.381 e. The van der Waals surface area contributed by atoms with Crippen molar-refractivity contribution in [3.63, 3.8) is 0 Å². The quantitative estimate of drug-likeness (QED) is 0.106. The molecule has 0 aliphatic carbocycles. The van der Waals surface area contributed by atoms with E-state index in [2.05, 4.69) is 60.3 Å². The first-order chi connectivity index (χ1) is 20.6. The van der Waals surface area contributed by atoms with Crippen LogP contribution in [0.4, 0.5) is 0 Å². The third-order valence-electron chi connectivity index (χ3n) is 5.57. The minimum atomic E-state index is -0.106. The molecule has 4 nitrogen and oxygen atoms in total. The van der Waals surface area contributed by atoms with Crippen molar-refractivity contribution in [3.8, 4) is 0 Å². The van der Waals surface area contributed by atoms with Gasteiger partial charge in [0.25, 0.3) is 0 Å². The Morgan fingerprint density at radius 1 is 0.930 bits per heavy atom. The minimum Gasteiger partial charge on any atom is -0.381 e. The van der Waals surface area contributed by atoms with Crippen LogP contribution in [0.1, 0.15) is 139 Å². The van der Waals surface area contributed by atoms with Gasteiger partial charge in [0.1, 0.15) is 5.01 Å². The number of aromatic nitrogens is 1. The average molecular weight is 614 g/mol. The topological polar surface area (TPSA) is 56.3 Å². The first-order valence-corrected chi connectivity index (χ1v) is 17.1. The van der Waals surface area contributed by atoms with E-state index in [1.165, 1.54) is 50.0 Å². The van der Waals surface area contributed by atoms with E-state index >= 15 is 0 Å². The van der Waals surface area contributed by atoms with Gasteiger partial charge < -0.3 is 4.74 Å². The molecule has 0 N–H and O–H groups in total. The predicted octanol–water partition coefficient (Wildman–Crippen LogP) is 12.0. The molecule has 1 aromatic rings. The zero-order chi connectivity index (χ0) is 33.6. The van der Waals surface area contributed by atoms with E-state index in [9.17, 15) is 9.59 Å². The smallest absolute Gasteiger partial charge is 0.162 e. The molecule has 0 amide bonds. The monoisotopic (exact) mass is 613 g/mol. The van der Waals surface area contributed by atoms with E-state index in [0.717, 1.165) is 55.7 Å². The Bertz CT molecular complexity index is 1050. The highest BCUT2D eigenvalue weighted by atomic mass is 32.1. The lowest BCUT2D eigenvalue weighted by Crippen LogP contribution is -2.01. The van der Waals surface area contributed by atoms with Gasteiger partial charge in [-0.15, -0.1) is 11.3 Å². The van der Waals surface area contributed by atoms with Gasteiger partial charge in [0.15, 0.2) is 11.6 Å². The van der Waals surface area contributed by atoms with Gasteiger partial charge >= 0.3 is 0 Å². The van der Waals surface area contributed by atoms with Gasteiger partial charge in [-0.2, -0.15) is 0 Å². The Balaban J connectivity index is -0.00000103. The first kappa shape index (κ1) is 44.8. The number of unbranched alkanes of at least 4 members (excludes halogenated alkanes) is 1. The second-order valence-electron chi connectivity index (χ2n) is 9.69. The fraction of sp³-hybridized carbons (Fsp3) is 0.553. The van der Waals surface area contributed by atoms with Crippen molar-refractivity contribution >= 4 is 34.0 Å². The van der Waals surface area contributed by atoms with Crippen LogP contribution in [0, 0.1) is 0 Å². The molecule has 0 spiro atoms. The fourth-order valence-electron chi connectivity index (χ4n) is 3.58. The van der Waals surface area contributed by atoms with Crippen molar-refractivity contribution in [3.05, 3.63) is 75.8 Å². The molecule has 5 heteroatoms. The van der Waals surface area contributed by atoms with Crippen molar-refractivity contribution in [2.24, 2.45) is 0 Å². The van der Waals surface area contributed by atoms with Crippen molar-refractivity contribution in [1.82, 2.24) is 4.98 Å². The number of hydrogen-bond donors (Lipinski definition) is 0. The number of ether oxygens (including phenoxy) is 1. The van der Waals surface area contributed by atoms with Gasteiger partial charge in [-0.1, -0.05) is 117 Å². The lowest BCUT2D eigenvalue weighted by Gasteiger charge is -2.11. The third kappa shape index (κ3) is 20.8. The lowest BCUT2D eigenvalue weighted by atomic mass is 9.95. The zero-order valence-corrected chi connectivity index (χ0v) is 30.5. The molecule has 1 heterocycles. The molecule has 0 aromatic carbocycles. The van der Waals surface area contributed by atoms with Crippen LogP contribution in [0.3, 0.4) is 0 Å². The summed E-state index contributed by atoms with van der Waals surface area (Å²) in [6, 6.07) is 0. The van der Waals surface area contributed by atoms with Crippen LogP contribution >= 0.6 is 11.3 Å². The number of allylic oxidation sites excluding steroid dienone is 11. The Morgan fingerprint density at radius 3 is 2.00 bits per heavy atom. The Labute approximate surface area is 269 Å².